The van der Waals surface area contributed by atoms with E-state index in [9.17, 15) is 13.6 Å². The van der Waals surface area contributed by atoms with Gasteiger partial charge in [0.15, 0.2) is 5.82 Å². The lowest BCUT2D eigenvalue weighted by Gasteiger charge is -2.20. The van der Waals surface area contributed by atoms with Gasteiger partial charge < -0.3 is 5.32 Å². The predicted octanol–water partition coefficient (Wildman–Crippen LogP) is 3.73. The third-order valence-corrected chi connectivity index (χ3v) is 5.60. The Balaban J connectivity index is 1.83. The highest BCUT2D eigenvalue weighted by Gasteiger charge is 2.71. The van der Waals surface area contributed by atoms with Crippen LogP contribution in [0, 0.1) is 11.8 Å². The molecule has 0 saturated heterocycles. The maximum Gasteiger partial charge on any atom is 0.280 e. The van der Waals surface area contributed by atoms with E-state index < -0.39 is 23.3 Å². The van der Waals surface area contributed by atoms with Gasteiger partial charge in [-0.3, -0.25) is 4.79 Å². The molecule has 25 heavy (non-hydrogen) atoms. The summed E-state index contributed by atoms with van der Waals surface area (Å²) in [5.41, 5.74) is -0.488. The minimum atomic E-state index is -2.58. The minimum Gasteiger partial charge on any atom is -0.372 e. The summed E-state index contributed by atoms with van der Waals surface area (Å²) in [6.07, 6.45) is 2.00. The lowest BCUT2D eigenvalue weighted by molar-refractivity contribution is 0.0689. The number of rotatable bonds is 3. The molecule has 2 fully saturated rings. The number of alkyl halides is 2. The topological polar surface area (TPSA) is 59.8 Å². The SMILES string of the molecule is CNc1nc([C@H]2C[C@@H]3[C@H](C2)C3(F)F)n(-c2ccc(Cl)cn2)c(=O)c1Cl. The summed E-state index contributed by atoms with van der Waals surface area (Å²) >= 11 is 12.0. The summed E-state index contributed by atoms with van der Waals surface area (Å²) in [7, 11) is 1.60. The highest BCUT2D eigenvalue weighted by atomic mass is 35.5. The van der Waals surface area contributed by atoms with E-state index >= 15 is 0 Å². The highest BCUT2D eigenvalue weighted by molar-refractivity contribution is 6.32. The molecule has 5 nitrogen and oxygen atoms in total. The van der Waals surface area contributed by atoms with Crippen LogP contribution in [0.2, 0.25) is 10.0 Å². The van der Waals surface area contributed by atoms with E-state index in [1.54, 1.807) is 19.2 Å². The molecule has 0 radical (unpaired) electrons. The fraction of sp³-hybridized carbons (Fsp3) is 0.438. The summed E-state index contributed by atoms with van der Waals surface area (Å²) < 4.78 is 28.4. The molecule has 1 N–H and O–H groups in total. The first kappa shape index (κ1) is 16.7. The molecule has 0 bridgehead atoms. The maximum absolute atomic E-state index is 13.5. The van der Waals surface area contributed by atoms with Gasteiger partial charge in [-0.2, -0.15) is 0 Å². The molecular formula is C16H14Cl2F2N4O. The molecule has 2 saturated carbocycles. The zero-order valence-electron chi connectivity index (χ0n) is 13.1. The van der Waals surface area contributed by atoms with Gasteiger partial charge in [-0.25, -0.2) is 23.3 Å². The maximum atomic E-state index is 13.5. The molecule has 3 atom stereocenters. The molecule has 2 aromatic rings. The highest BCUT2D eigenvalue weighted by Crippen LogP contribution is 2.67. The Bertz CT molecular complexity index is 886. The largest absolute Gasteiger partial charge is 0.372 e. The van der Waals surface area contributed by atoms with Crippen molar-refractivity contribution in [3.05, 3.63) is 44.6 Å². The average molecular weight is 387 g/mol. The average Bonchev–Trinajstić information content (AvgIpc) is 2.94. The third kappa shape index (κ3) is 2.52. The molecule has 0 unspecified atom stereocenters. The normalized spacial score (nSPS) is 26.4. The number of fused-ring (bicyclic) bond motifs is 1. The molecule has 0 spiro atoms. The van der Waals surface area contributed by atoms with Crippen LogP contribution in [0.1, 0.15) is 24.6 Å². The van der Waals surface area contributed by atoms with Crippen molar-refractivity contribution >= 4 is 29.0 Å². The summed E-state index contributed by atoms with van der Waals surface area (Å²) in [5, 5.41) is 3.13. The number of halogens is 4. The Hall–Kier alpha value is -1.73. The molecule has 9 heteroatoms. The molecule has 2 aromatic heterocycles. The second kappa shape index (κ2) is 5.64. The fourth-order valence-electron chi connectivity index (χ4n) is 3.70. The molecule has 0 amide bonds. The molecule has 2 aliphatic rings. The standard InChI is InChI=1S/C16H14Cl2F2N4O/c1-21-13-12(18)15(25)24(11-3-2-8(17)6-22-11)14(23-13)7-4-9-10(5-7)16(9,19)20/h2-3,6-7,9-10,21H,4-5H2,1H3/t7-,9+,10-. The smallest absolute Gasteiger partial charge is 0.280 e. The van der Waals surface area contributed by atoms with Gasteiger partial charge in [0.25, 0.3) is 11.5 Å². The van der Waals surface area contributed by atoms with E-state index in [2.05, 4.69) is 15.3 Å². The lowest BCUT2D eigenvalue weighted by Crippen LogP contribution is -2.28. The first-order valence-corrected chi connectivity index (χ1v) is 8.60. The van der Waals surface area contributed by atoms with Gasteiger partial charge in [0.1, 0.15) is 16.7 Å². The monoisotopic (exact) mass is 386 g/mol. The van der Waals surface area contributed by atoms with Gasteiger partial charge in [0, 0.05) is 31.0 Å². The Morgan fingerprint density at radius 2 is 1.96 bits per heavy atom. The Labute approximate surface area is 152 Å². The summed E-state index contributed by atoms with van der Waals surface area (Å²) in [5.74, 6) is -3.14. The van der Waals surface area contributed by atoms with Crippen LogP contribution in [-0.4, -0.2) is 27.5 Å². The Morgan fingerprint density at radius 3 is 2.52 bits per heavy atom. The molecule has 132 valence electrons. The van der Waals surface area contributed by atoms with Crippen LogP contribution in [-0.2, 0) is 0 Å². The fourth-order valence-corrected chi connectivity index (χ4v) is 4.03. The predicted molar refractivity (Wildman–Crippen MR) is 91.1 cm³/mol. The number of hydrogen-bond donors (Lipinski definition) is 1. The number of pyridine rings is 1. The van der Waals surface area contributed by atoms with Crippen molar-refractivity contribution in [3.63, 3.8) is 0 Å². The van der Waals surface area contributed by atoms with Crippen LogP contribution in [0.4, 0.5) is 14.6 Å². The number of anilines is 1. The summed E-state index contributed by atoms with van der Waals surface area (Å²) in [6, 6.07) is 3.18. The van der Waals surface area contributed by atoms with E-state index in [-0.39, 0.29) is 16.8 Å². The summed E-state index contributed by atoms with van der Waals surface area (Å²) in [4.78, 5) is 21.4. The minimum absolute atomic E-state index is 0.0727. The first-order chi connectivity index (χ1) is 11.8. The lowest BCUT2D eigenvalue weighted by atomic mass is 10.0. The molecule has 0 aromatic carbocycles. The second-order valence-corrected chi connectivity index (χ2v) is 7.23. The first-order valence-electron chi connectivity index (χ1n) is 7.84. The van der Waals surface area contributed by atoms with E-state index in [0.717, 1.165) is 0 Å². The number of nitrogens with one attached hydrogen (secondary N) is 1. The molecule has 2 heterocycles. The van der Waals surface area contributed by atoms with Crippen LogP contribution < -0.4 is 10.9 Å². The quantitative estimate of drug-likeness (QED) is 0.872. The van der Waals surface area contributed by atoms with E-state index in [1.165, 1.54) is 10.8 Å². The van der Waals surface area contributed by atoms with Gasteiger partial charge in [0.05, 0.1) is 5.02 Å². The van der Waals surface area contributed by atoms with Crippen molar-refractivity contribution < 1.29 is 8.78 Å². The number of nitrogens with zero attached hydrogens (tertiary/aromatic N) is 3. The van der Waals surface area contributed by atoms with Crippen LogP contribution in [0.3, 0.4) is 0 Å². The van der Waals surface area contributed by atoms with Crippen molar-refractivity contribution in [3.8, 4) is 5.82 Å². The zero-order chi connectivity index (χ0) is 17.9. The van der Waals surface area contributed by atoms with Gasteiger partial charge in [-0.15, -0.1) is 0 Å². The van der Waals surface area contributed by atoms with Crippen LogP contribution in [0.5, 0.6) is 0 Å². The van der Waals surface area contributed by atoms with Crippen molar-refractivity contribution in [1.82, 2.24) is 14.5 Å². The third-order valence-electron chi connectivity index (χ3n) is 5.04. The molecule has 0 aliphatic heterocycles. The zero-order valence-corrected chi connectivity index (χ0v) is 14.7. The van der Waals surface area contributed by atoms with Gasteiger partial charge >= 0.3 is 0 Å². The van der Waals surface area contributed by atoms with E-state index in [1.807, 2.05) is 0 Å². The molecular weight excluding hydrogens is 373 g/mol. The van der Waals surface area contributed by atoms with Crippen molar-refractivity contribution in [1.29, 1.82) is 0 Å². The van der Waals surface area contributed by atoms with E-state index in [0.29, 0.717) is 29.5 Å². The van der Waals surface area contributed by atoms with Gasteiger partial charge in [0.2, 0.25) is 0 Å². The summed E-state index contributed by atoms with van der Waals surface area (Å²) in [6.45, 7) is 0. The number of hydrogen-bond acceptors (Lipinski definition) is 4. The van der Waals surface area contributed by atoms with E-state index in [4.69, 9.17) is 23.2 Å². The second-order valence-electron chi connectivity index (χ2n) is 6.41. The van der Waals surface area contributed by atoms with Crippen LogP contribution in [0.15, 0.2) is 23.1 Å². The number of aromatic nitrogens is 3. The molecule has 4 rings (SSSR count). The van der Waals surface area contributed by atoms with Gasteiger partial charge in [-0.05, 0) is 25.0 Å². The Kier molecular flexibility index (Phi) is 3.77. The van der Waals surface area contributed by atoms with Crippen LogP contribution >= 0.6 is 23.2 Å². The van der Waals surface area contributed by atoms with Crippen molar-refractivity contribution in [2.24, 2.45) is 11.8 Å². The van der Waals surface area contributed by atoms with Crippen molar-refractivity contribution in [2.45, 2.75) is 24.7 Å². The molecule has 2 aliphatic carbocycles. The van der Waals surface area contributed by atoms with Crippen LogP contribution in [0.25, 0.3) is 5.82 Å². The Morgan fingerprint density at radius 1 is 1.28 bits per heavy atom. The van der Waals surface area contributed by atoms with Crippen molar-refractivity contribution in [2.75, 3.05) is 12.4 Å². The van der Waals surface area contributed by atoms with Gasteiger partial charge in [-0.1, -0.05) is 23.2 Å².